The van der Waals surface area contributed by atoms with Crippen LogP contribution in [0.3, 0.4) is 0 Å². The summed E-state index contributed by atoms with van der Waals surface area (Å²) in [5.74, 6) is 0. The molecule has 0 amide bonds. The Balaban J connectivity index is 2.65. The van der Waals surface area contributed by atoms with Gasteiger partial charge in [-0.3, -0.25) is 0 Å². The monoisotopic (exact) mass is 249 g/mol. The smallest absolute Gasteiger partial charge is 0.0964 e. The van der Waals surface area contributed by atoms with Gasteiger partial charge in [0.05, 0.1) is 32.7 Å². The van der Waals surface area contributed by atoms with Gasteiger partial charge in [0.25, 0.3) is 0 Å². The number of quaternary nitrogens is 1. The number of rotatable bonds is 8. The van der Waals surface area contributed by atoms with Crippen LogP contribution in [0.1, 0.15) is 27.7 Å². The molecule has 0 atom stereocenters. The predicted octanol–water partition coefficient (Wildman–Crippen LogP) is 3.39. The number of hydrogen-bond acceptors (Lipinski definition) is 1. The zero-order chi connectivity index (χ0) is 13.4. The lowest BCUT2D eigenvalue weighted by Crippen LogP contribution is -2.51. The van der Waals surface area contributed by atoms with E-state index in [0.29, 0.717) is 0 Å². The molecule has 0 aliphatic carbocycles. The normalized spacial score (nSPS) is 11.6. The molecule has 2 nitrogen and oxygen atoms in total. The molecule has 0 unspecified atom stereocenters. The number of nitrogens with zero attached hydrogens (tertiary/aromatic N) is 2. The minimum atomic E-state index is 1.08. The number of benzene rings is 1. The van der Waals surface area contributed by atoms with Crippen molar-refractivity contribution in [1.29, 1.82) is 0 Å². The van der Waals surface area contributed by atoms with Crippen LogP contribution in [-0.2, 0) is 0 Å². The molecule has 0 radical (unpaired) electrons. The molecule has 2 heteroatoms. The van der Waals surface area contributed by atoms with Crippen LogP contribution in [-0.4, -0.2) is 43.8 Å². The third-order valence-corrected chi connectivity index (χ3v) is 4.36. The molecule has 0 saturated carbocycles. The molecule has 18 heavy (non-hydrogen) atoms. The Labute approximate surface area is 113 Å². The van der Waals surface area contributed by atoms with Gasteiger partial charge in [-0.25, -0.2) is 0 Å². The van der Waals surface area contributed by atoms with E-state index in [1.165, 1.54) is 36.3 Å². The molecule has 0 saturated heterocycles. The largest absolute Gasteiger partial charge is 0.366 e. The van der Waals surface area contributed by atoms with Crippen LogP contribution in [0.5, 0.6) is 0 Å². The van der Waals surface area contributed by atoms with Crippen molar-refractivity contribution in [3.05, 3.63) is 30.3 Å². The minimum Gasteiger partial charge on any atom is -0.366 e. The van der Waals surface area contributed by atoms with Gasteiger partial charge in [-0.05, 0) is 39.8 Å². The molecule has 0 heterocycles. The summed E-state index contributed by atoms with van der Waals surface area (Å²) in [4.78, 5) is 2.48. The Bertz CT molecular complexity index is 309. The van der Waals surface area contributed by atoms with Crippen molar-refractivity contribution >= 4 is 5.69 Å². The van der Waals surface area contributed by atoms with E-state index < -0.39 is 0 Å². The highest BCUT2D eigenvalue weighted by Crippen LogP contribution is 2.14. The Morgan fingerprint density at radius 3 is 1.89 bits per heavy atom. The first-order valence-corrected chi connectivity index (χ1v) is 7.36. The second-order valence-electron chi connectivity index (χ2n) is 4.93. The molecular weight excluding hydrogens is 220 g/mol. The predicted molar refractivity (Wildman–Crippen MR) is 81.1 cm³/mol. The number of hydrogen-bond donors (Lipinski definition) is 0. The highest BCUT2D eigenvalue weighted by Gasteiger charge is 2.21. The van der Waals surface area contributed by atoms with Gasteiger partial charge in [0.15, 0.2) is 0 Å². The van der Waals surface area contributed by atoms with Gasteiger partial charge in [0.1, 0.15) is 0 Å². The van der Waals surface area contributed by atoms with Crippen LogP contribution < -0.4 is 4.90 Å². The summed E-state index contributed by atoms with van der Waals surface area (Å²) in [5.41, 5.74) is 1.35. The van der Waals surface area contributed by atoms with Crippen molar-refractivity contribution < 1.29 is 4.48 Å². The van der Waals surface area contributed by atoms with Crippen molar-refractivity contribution in [2.24, 2.45) is 0 Å². The van der Waals surface area contributed by atoms with Crippen molar-refractivity contribution in [2.75, 3.05) is 44.2 Å². The second-order valence-corrected chi connectivity index (χ2v) is 4.93. The fourth-order valence-corrected chi connectivity index (χ4v) is 2.59. The molecule has 0 N–H and O–H groups in total. The maximum Gasteiger partial charge on any atom is 0.0964 e. The third-order valence-electron chi connectivity index (χ3n) is 4.36. The van der Waals surface area contributed by atoms with Gasteiger partial charge >= 0.3 is 0 Å². The molecule has 1 rings (SSSR count). The average molecular weight is 249 g/mol. The maximum atomic E-state index is 2.48. The van der Waals surface area contributed by atoms with Crippen LogP contribution in [0.2, 0.25) is 0 Å². The minimum absolute atomic E-state index is 1.08. The van der Waals surface area contributed by atoms with E-state index >= 15 is 0 Å². The van der Waals surface area contributed by atoms with Crippen LogP contribution in [0.4, 0.5) is 5.69 Å². The summed E-state index contributed by atoms with van der Waals surface area (Å²) in [6.45, 7) is 16.4. The van der Waals surface area contributed by atoms with Gasteiger partial charge in [-0.1, -0.05) is 18.2 Å². The van der Waals surface area contributed by atoms with Crippen LogP contribution >= 0.6 is 0 Å². The fraction of sp³-hybridized carbons (Fsp3) is 0.625. The number of para-hydroxylation sites is 1. The summed E-state index contributed by atoms with van der Waals surface area (Å²) in [6, 6.07) is 10.8. The SMILES string of the molecule is CCN(CC[N+](CC)(CC)CC)c1ccccc1. The third kappa shape index (κ3) is 3.74. The molecular formula is C16H29N2+. The van der Waals surface area contributed by atoms with Crippen molar-refractivity contribution in [3.8, 4) is 0 Å². The van der Waals surface area contributed by atoms with E-state index in [-0.39, 0.29) is 0 Å². The van der Waals surface area contributed by atoms with Gasteiger partial charge < -0.3 is 9.38 Å². The summed E-state index contributed by atoms with van der Waals surface area (Å²) >= 11 is 0. The van der Waals surface area contributed by atoms with Crippen LogP contribution in [0.15, 0.2) is 30.3 Å². The summed E-state index contributed by atoms with van der Waals surface area (Å²) in [6.07, 6.45) is 0. The van der Waals surface area contributed by atoms with E-state index in [4.69, 9.17) is 0 Å². The molecule has 0 aliphatic heterocycles. The van der Waals surface area contributed by atoms with E-state index in [1.807, 2.05) is 0 Å². The Morgan fingerprint density at radius 1 is 0.889 bits per heavy atom. The van der Waals surface area contributed by atoms with Crippen LogP contribution in [0.25, 0.3) is 0 Å². The first kappa shape index (κ1) is 15.0. The van der Waals surface area contributed by atoms with E-state index in [2.05, 4.69) is 62.9 Å². The zero-order valence-corrected chi connectivity index (χ0v) is 12.5. The Hall–Kier alpha value is -1.02. The molecule has 0 fully saturated rings. The fourth-order valence-electron chi connectivity index (χ4n) is 2.59. The maximum absolute atomic E-state index is 2.48. The molecule has 102 valence electrons. The lowest BCUT2D eigenvalue weighted by molar-refractivity contribution is -0.921. The molecule has 1 aromatic rings. The summed E-state index contributed by atoms with van der Waals surface area (Å²) < 4.78 is 1.23. The number of anilines is 1. The van der Waals surface area contributed by atoms with Gasteiger partial charge in [-0.15, -0.1) is 0 Å². The van der Waals surface area contributed by atoms with Crippen molar-refractivity contribution in [2.45, 2.75) is 27.7 Å². The summed E-state index contributed by atoms with van der Waals surface area (Å²) in [5, 5.41) is 0. The first-order valence-electron chi connectivity index (χ1n) is 7.36. The quantitative estimate of drug-likeness (QED) is 0.638. The Kier molecular flexibility index (Phi) is 6.20. The molecule has 1 aromatic carbocycles. The number of likely N-dealkylation sites (N-methyl/N-ethyl adjacent to an activating group) is 2. The molecule has 0 spiro atoms. The van der Waals surface area contributed by atoms with Gasteiger partial charge in [0, 0.05) is 12.2 Å². The standard InChI is InChI=1S/C16H29N2/c1-5-17(16-12-10-9-11-13-16)14-15-18(6-2,7-3)8-4/h9-13H,5-8,14-15H2,1-4H3/q+1. The lowest BCUT2D eigenvalue weighted by Gasteiger charge is -2.38. The van der Waals surface area contributed by atoms with Gasteiger partial charge in [-0.2, -0.15) is 0 Å². The van der Waals surface area contributed by atoms with E-state index in [0.717, 1.165) is 13.1 Å². The Morgan fingerprint density at radius 2 is 1.44 bits per heavy atom. The highest BCUT2D eigenvalue weighted by atomic mass is 15.4. The van der Waals surface area contributed by atoms with Gasteiger partial charge in [0.2, 0.25) is 0 Å². The second kappa shape index (κ2) is 7.42. The molecule has 0 aliphatic rings. The van der Waals surface area contributed by atoms with Crippen LogP contribution in [0, 0.1) is 0 Å². The average Bonchev–Trinajstić information content (AvgIpc) is 2.45. The lowest BCUT2D eigenvalue weighted by atomic mass is 10.2. The van der Waals surface area contributed by atoms with E-state index in [1.54, 1.807) is 0 Å². The first-order chi connectivity index (χ1) is 8.71. The van der Waals surface area contributed by atoms with Crippen molar-refractivity contribution in [1.82, 2.24) is 0 Å². The molecule has 0 bridgehead atoms. The molecule has 0 aromatic heterocycles. The van der Waals surface area contributed by atoms with E-state index in [9.17, 15) is 0 Å². The highest BCUT2D eigenvalue weighted by molar-refractivity contribution is 5.45. The van der Waals surface area contributed by atoms with Crippen molar-refractivity contribution in [3.63, 3.8) is 0 Å². The zero-order valence-electron chi connectivity index (χ0n) is 12.5. The summed E-state index contributed by atoms with van der Waals surface area (Å²) in [7, 11) is 0. The topological polar surface area (TPSA) is 3.24 Å².